The van der Waals surface area contributed by atoms with Crippen molar-refractivity contribution in [3.8, 4) is 10.4 Å². The van der Waals surface area contributed by atoms with E-state index in [4.69, 9.17) is 21.1 Å². The molecule has 7 nitrogen and oxygen atoms in total. The van der Waals surface area contributed by atoms with E-state index in [-0.39, 0.29) is 5.28 Å². The number of ether oxygens (including phenoxy) is 2. The minimum Gasteiger partial charge on any atom is -0.383 e. The fraction of sp³-hybridized carbons (Fsp3) is 0.389. The number of hydrogen-bond acceptors (Lipinski definition) is 8. The molecule has 0 atom stereocenters. The second-order valence-corrected chi connectivity index (χ2v) is 7.30. The van der Waals surface area contributed by atoms with Gasteiger partial charge in [-0.2, -0.15) is 4.98 Å². The lowest BCUT2D eigenvalue weighted by Crippen LogP contribution is -2.22. The van der Waals surface area contributed by atoms with Gasteiger partial charge in [0.2, 0.25) is 5.28 Å². The zero-order valence-corrected chi connectivity index (χ0v) is 17.1. The monoisotopic (exact) mass is 407 g/mol. The molecular weight excluding hydrogens is 386 g/mol. The van der Waals surface area contributed by atoms with Crippen LogP contribution in [0.3, 0.4) is 0 Å². The van der Waals surface area contributed by atoms with E-state index in [1.807, 2.05) is 25.4 Å². The standard InChI is InChI=1S/C18H22ClN5O2S/c1-24(7-9-26-3)15-5-4-12(11-21-15)14-10-13-16(27-14)17(20-6-8-25-2)23-18(19)22-13/h4-5,10-11H,6-9H2,1-3H3,(H,20,22,23). The van der Waals surface area contributed by atoms with E-state index in [1.165, 1.54) is 0 Å². The highest BCUT2D eigenvalue weighted by Gasteiger charge is 2.13. The van der Waals surface area contributed by atoms with E-state index in [9.17, 15) is 0 Å². The van der Waals surface area contributed by atoms with E-state index in [0.717, 1.165) is 38.8 Å². The maximum absolute atomic E-state index is 6.07. The molecule has 3 heterocycles. The van der Waals surface area contributed by atoms with Crippen LogP contribution in [0.5, 0.6) is 0 Å². The number of rotatable bonds is 9. The molecule has 0 unspecified atom stereocenters. The zero-order valence-electron chi connectivity index (χ0n) is 15.5. The molecule has 0 amide bonds. The third-order valence-electron chi connectivity index (χ3n) is 4.00. The van der Waals surface area contributed by atoms with Gasteiger partial charge < -0.3 is 19.7 Å². The van der Waals surface area contributed by atoms with Crippen molar-refractivity contribution >= 4 is 44.8 Å². The first-order chi connectivity index (χ1) is 13.1. The third kappa shape index (κ3) is 4.84. The summed E-state index contributed by atoms with van der Waals surface area (Å²) in [7, 11) is 5.35. The third-order valence-corrected chi connectivity index (χ3v) is 5.35. The largest absolute Gasteiger partial charge is 0.383 e. The van der Waals surface area contributed by atoms with Gasteiger partial charge in [0.15, 0.2) is 0 Å². The zero-order chi connectivity index (χ0) is 19.2. The first-order valence-electron chi connectivity index (χ1n) is 8.48. The first kappa shape index (κ1) is 19.8. The van der Waals surface area contributed by atoms with Crippen molar-refractivity contribution in [1.82, 2.24) is 15.0 Å². The van der Waals surface area contributed by atoms with Gasteiger partial charge in [-0.1, -0.05) is 0 Å². The number of methoxy groups -OCH3 is 2. The number of halogens is 1. The van der Waals surface area contributed by atoms with Crippen LogP contribution in [0.4, 0.5) is 11.6 Å². The molecule has 3 aromatic heterocycles. The molecule has 0 aliphatic rings. The summed E-state index contributed by atoms with van der Waals surface area (Å²) in [6.45, 7) is 2.68. The van der Waals surface area contributed by atoms with Crippen molar-refractivity contribution in [2.24, 2.45) is 0 Å². The minimum atomic E-state index is 0.222. The lowest BCUT2D eigenvalue weighted by atomic mass is 10.2. The number of anilines is 2. The quantitative estimate of drug-likeness (QED) is 0.429. The second-order valence-electron chi connectivity index (χ2n) is 5.91. The molecule has 0 radical (unpaired) electrons. The van der Waals surface area contributed by atoms with Gasteiger partial charge in [0.1, 0.15) is 11.6 Å². The minimum absolute atomic E-state index is 0.222. The van der Waals surface area contributed by atoms with E-state index in [1.54, 1.807) is 25.6 Å². The van der Waals surface area contributed by atoms with Gasteiger partial charge >= 0.3 is 0 Å². The lowest BCUT2D eigenvalue weighted by molar-refractivity contribution is 0.206. The SMILES string of the molecule is COCCNc1nc(Cl)nc2cc(-c3ccc(N(C)CCOC)nc3)sc12. The van der Waals surface area contributed by atoms with Gasteiger partial charge in [0, 0.05) is 51.0 Å². The number of aromatic nitrogens is 3. The maximum atomic E-state index is 6.07. The molecule has 144 valence electrons. The van der Waals surface area contributed by atoms with Crippen LogP contribution in [-0.2, 0) is 9.47 Å². The number of fused-ring (bicyclic) bond motifs is 1. The van der Waals surface area contributed by atoms with E-state index >= 15 is 0 Å². The van der Waals surface area contributed by atoms with Crippen LogP contribution in [0, 0.1) is 0 Å². The fourth-order valence-electron chi connectivity index (χ4n) is 2.54. The van der Waals surface area contributed by atoms with Crippen molar-refractivity contribution in [2.45, 2.75) is 0 Å². The molecule has 0 bridgehead atoms. The highest BCUT2D eigenvalue weighted by Crippen LogP contribution is 2.36. The molecule has 0 aliphatic heterocycles. The van der Waals surface area contributed by atoms with Crippen LogP contribution < -0.4 is 10.2 Å². The molecule has 0 aliphatic carbocycles. The Morgan fingerprint density at radius 1 is 1.19 bits per heavy atom. The highest BCUT2D eigenvalue weighted by molar-refractivity contribution is 7.22. The van der Waals surface area contributed by atoms with Crippen LogP contribution in [0.25, 0.3) is 20.7 Å². The number of likely N-dealkylation sites (N-methyl/N-ethyl adjacent to an activating group) is 1. The summed E-state index contributed by atoms with van der Waals surface area (Å²) in [5.74, 6) is 1.63. The van der Waals surface area contributed by atoms with Gasteiger partial charge in [0.05, 0.1) is 23.4 Å². The van der Waals surface area contributed by atoms with Crippen LogP contribution in [-0.4, -0.2) is 62.5 Å². The van der Waals surface area contributed by atoms with Crippen LogP contribution >= 0.6 is 22.9 Å². The maximum Gasteiger partial charge on any atom is 0.224 e. The molecule has 0 fully saturated rings. The Kier molecular flexibility index (Phi) is 6.78. The van der Waals surface area contributed by atoms with Gasteiger partial charge in [-0.05, 0) is 29.8 Å². The molecule has 3 aromatic rings. The van der Waals surface area contributed by atoms with E-state index in [2.05, 4.69) is 31.2 Å². The normalized spacial score (nSPS) is 11.1. The highest BCUT2D eigenvalue weighted by atomic mass is 35.5. The molecular formula is C18H22ClN5O2S. The van der Waals surface area contributed by atoms with E-state index in [0.29, 0.717) is 19.8 Å². The van der Waals surface area contributed by atoms with Gasteiger partial charge in [-0.25, -0.2) is 9.97 Å². The summed E-state index contributed by atoms with van der Waals surface area (Å²) < 4.78 is 11.2. The molecule has 27 heavy (non-hydrogen) atoms. The second kappa shape index (κ2) is 9.27. The fourth-order valence-corrected chi connectivity index (χ4v) is 3.76. The number of hydrogen-bond donors (Lipinski definition) is 1. The molecule has 0 spiro atoms. The average molecular weight is 408 g/mol. The molecule has 9 heteroatoms. The smallest absolute Gasteiger partial charge is 0.224 e. The number of nitrogens with one attached hydrogen (secondary N) is 1. The topological polar surface area (TPSA) is 72.4 Å². The van der Waals surface area contributed by atoms with Crippen molar-refractivity contribution in [2.75, 3.05) is 57.8 Å². The summed E-state index contributed by atoms with van der Waals surface area (Å²) in [4.78, 5) is 16.3. The van der Waals surface area contributed by atoms with Gasteiger partial charge in [0.25, 0.3) is 0 Å². The number of thiophene rings is 1. The summed E-state index contributed by atoms with van der Waals surface area (Å²) in [5.41, 5.74) is 1.84. The number of pyridine rings is 1. The Bertz CT molecular complexity index is 887. The van der Waals surface area contributed by atoms with Crippen molar-refractivity contribution in [3.05, 3.63) is 29.7 Å². The average Bonchev–Trinajstić information content (AvgIpc) is 3.10. The van der Waals surface area contributed by atoms with Crippen molar-refractivity contribution in [3.63, 3.8) is 0 Å². The molecule has 0 saturated heterocycles. The summed E-state index contributed by atoms with van der Waals surface area (Å²) in [5, 5.41) is 3.48. The van der Waals surface area contributed by atoms with E-state index < -0.39 is 0 Å². The Balaban J connectivity index is 1.85. The Morgan fingerprint density at radius 3 is 2.70 bits per heavy atom. The van der Waals surface area contributed by atoms with Crippen LogP contribution in [0.2, 0.25) is 5.28 Å². The van der Waals surface area contributed by atoms with Gasteiger partial charge in [-0.15, -0.1) is 11.3 Å². The summed E-state index contributed by atoms with van der Waals surface area (Å²) in [6.07, 6.45) is 1.87. The van der Waals surface area contributed by atoms with Crippen molar-refractivity contribution < 1.29 is 9.47 Å². The van der Waals surface area contributed by atoms with Crippen LogP contribution in [0.1, 0.15) is 0 Å². The Labute approximate surface area is 167 Å². The summed E-state index contributed by atoms with van der Waals surface area (Å²) in [6, 6.07) is 6.08. The lowest BCUT2D eigenvalue weighted by Gasteiger charge is -2.17. The summed E-state index contributed by atoms with van der Waals surface area (Å²) >= 11 is 7.68. The molecule has 1 N–H and O–H groups in total. The van der Waals surface area contributed by atoms with Gasteiger partial charge in [-0.3, -0.25) is 0 Å². The Morgan fingerprint density at radius 2 is 2.00 bits per heavy atom. The predicted octanol–water partition coefficient (Wildman–Crippen LogP) is 3.55. The van der Waals surface area contributed by atoms with Crippen LogP contribution in [0.15, 0.2) is 24.4 Å². The Hall–Kier alpha value is -2.00. The predicted molar refractivity (Wildman–Crippen MR) is 111 cm³/mol. The molecule has 3 rings (SSSR count). The molecule has 0 aromatic carbocycles. The first-order valence-corrected chi connectivity index (χ1v) is 9.68. The molecule has 0 saturated carbocycles. The van der Waals surface area contributed by atoms with Crippen molar-refractivity contribution in [1.29, 1.82) is 0 Å². The number of nitrogens with zero attached hydrogens (tertiary/aromatic N) is 4.